The number of likely N-dealkylation sites (N-methyl/N-ethyl adjacent to an activating group) is 1. The Morgan fingerprint density at radius 2 is 2.23 bits per heavy atom. The zero-order valence-electron chi connectivity index (χ0n) is 13.6. The second-order valence-corrected chi connectivity index (χ2v) is 6.19. The summed E-state index contributed by atoms with van der Waals surface area (Å²) in [6, 6.07) is 7.71. The van der Waals surface area contributed by atoms with E-state index in [4.69, 9.17) is 4.74 Å². The van der Waals surface area contributed by atoms with Crippen LogP contribution >= 0.6 is 0 Å². The number of aliphatic hydroxyl groups excluding tert-OH is 1. The Hall–Kier alpha value is -1.75. The number of aliphatic hydroxyl groups is 1. The molecule has 1 aromatic carbocycles. The first-order valence-corrected chi connectivity index (χ1v) is 7.82. The molecule has 1 aliphatic carbocycles. The average Bonchev–Trinajstić information content (AvgIpc) is 3.31. The second-order valence-electron chi connectivity index (χ2n) is 6.19. The molecule has 2 unspecified atom stereocenters. The van der Waals surface area contributed by atoms with Crippen molar-refractivity contribution >= 4 is 6.03 Å². The molecule has 1 aromatic rings. The molecule has 0 saturated heterocycles. The quantitative estimate of drug-likeness (QED) is 0.810. The van der Waals surface area contributed by atoms with Gasteiger partial charge in [0.25, 0.3) is 0 Å². The lowest BCUT2D eigenvalue weighted by Crippen LogP contribution is -2.45. The Morgan fingerprint density at radius 3 is 2.86 bits per heavy atom. The fraction of sp³-hybridized carbons (Fsp3) is 0.588. The summed E-state index contributed by atoms with van der Waals surface area (Å²) in [6.07, 6.45) is 2.48. The molecular formula is C17H26N2O3. The van der Waals surface area contributed by atoms with Crippen LogP contribution in [0.5, 0.6) is 5.75 Å². The summed E-state index contributed by atoms with van der Waals surface area (Å²) in [6.45, 7) is 2.37. The third kappa shape index (κ3) is 4.91. The normalized spacial score (nSPS) is 16.7. The van der Waals surface area contributed by atoms with Crippen LogP contribution in [-0.2, 0) is 6.42 Å². The van der Waals surface area contributed by atoms with Crippen molar-refractivity contribution in [3.8, 4) is 5.75 Å². The molecule has 122 valence electrons. The molecule has 0 radical (unpaired) electrons. The van der Waals surface area contributed by atoms with Crippen LogP contribution in [0.25, 0.3) is 0 Å². The van der Waals surface area contributed by atoms with Crippen molar-refractivity contribution < 1.29 is 14.6 Å². The number of ether oxygens (including phenoxy) is 1. The fourth-order valence-electron chi connectivity index (χ4n) is 2.52. The van der Waals surface area contributed by atoms with Crippen LogP contribution in [0, 0.1) is 5.92 Å². The minimum atomic E-state index is -0.399. The van der Waals surface area contributed by atoms with Crippen molar-refractivity contribution in [3.05, 3.63) is 29.8 Å². The van der Waals surface area contributed by atoms with Crippen LogP contribution in [-0.4, -0.2) is 48.9 Å². The molecule has 0 aromatic heterocycles. The first-order valence-electron chi connectivity index (χ1n) is 7.82. The number of methoxy groups -OCH3 is 1. The highest BCUT2D eigenvalue weighted by atomic mass is 16.5. The Labute approximate surface area is 132 Å². The van der Waals surface area contributed by atoms with Crippen molar-refractivity contribution in [2.24, 2.45) is 5.92 Å². The summed E-state index contributed by atoms with van der Waals surface area (Å²) in [7, 11) is 3.36. The maximum absolute atomic E-state index is 12.1. The number of hydrogen-bond donors (Lipinski definition) is 2. The number of nitrogens with zero attached hydrogens (tertiary/aromatic N) is 1. The Bertz CT molecular complexity index is 502. The van der Waals surface area contributed by atoms with Crippen LogP contribution in [0.4, 0.5) is 4.79 Å². The number of nitrogens with one attached hydrogen (secondary N) is 1. The van der Waals surface area contributed by atoms with Gasteiger partial charge < -0.3 is 20.1 Å². The lowest BCUT2D eigenvalue weighted by molar-refractivity contribution is 0.112. The minimum absolute atomic E-state index is 0.0140. The molecule has 2 amide bonds. The third-order valence-corrected chi connectivity index (χ3v) is 4.02. The van der Waals surface area contributed by atoms with Gasteiger partial charge >= 0.3 is 6.03 Å². The van der Waals surface area contributed by atoms with Gasteiger partial charge in [-0.05, 0) is 49.8 Å². The molecule has 1 fully saturated rings. The van der Waals surface area contributed by atoms with Gasteiger partial charge in [0, 0.05) is 19.6 Å². The highest BCUT2D eigenvalue weighted by molar-refractivity contribution is 5.74. The molecule has 5 nitrogen and oxygen atoms in total. The highest BCUT2D eigenvalue weighted by Crippen LogP contribution is 2.32. The number of amides is 2. The van der Waals surface area contributed by atoms with Crippen LogP contribution in [0.15, 0.2) is 24.3 Å². The van der Waals surface area contributed by atoms with Gasteiger partial charge in [0.2, 0.25) is 0 Å². The molecular weight excluding hydrogens is 280 g/mol. The summed E-state index contributed by atoms with van der Waals surface area (Å²) >= 11 is 0. The van der Waals surface area contributed by atoms with Gasteiger partial charge in [-0.2, -0.15) is 0 Å². The first kappa shape index (κ1) is 16.6. The maximum Gasteiger partial charge on any atom is 0.317 e. The summed E-state index contributed by atoms with van der Waals surface area (Å²) < 4.78 is 5.20. The predicted molar refractivity (Wildman–Crippen MR) is 86.1 cm³/mol. The molecule has 0 aliphatic heterocycles. The fourth-order valence-corrected chi connectivity index (χ4v) is 2.52. The van der Waals surface area contributed by atoms with E-state index in [-0.39, 0.29) is 12.1 Å². The molecule has 1 saturated carbocycles. The summed E-state index contributed by atoms with van der Waals surface area (Å²) in [4.78, 5) is 13.7. The molecule has 0 heterocycles. The monoisotopic (exact) mass is 306 g/mol. The molecule has 2 atom stereocenters. The van der Waals surface area contributed by atoms with Crippen molar-refractivity contribution in [3.63, 3.8) is 0 Å². The number of carbonyl (C=O) groups excluding carboxylic acids is 1. The molecule has 5 heteroatoms. The van der Waals surface area contributed by atoms with Gasteiger partial charge in [0.05, 0.1) is 13.2 Å². The molecule has 1 aliphatic rings. The standard InChI is InChI=1S/C17H26N2O3/c1-12(9-13-5-4-6-15(10-13)22-3)18-17(21)19(2)11-16(20)14-7-8-14/h4-6,10,12,14,16,20H,7-9,11H2,1-3H3,(H,18,21). The number of hydrogen-bond acceptors (Lipinski definition) is 3. The summed E-state index contributed by atoms with van der Waals surface area (Å²) in [5.41, 5.74) is 1.12. The number of carbonyl (C=O) groups is 1. The largest absolute Gasteiger partial charge is 0.497 e. The molecule has 0 bridgehead atoms. The van der Waals surface area contributed by atoms with Crippen molar-refractivity contribution in [1.82, 2.24) is 10.2 Å². The highest BCUT2D eigenvalue weighted by Gasteiger charge is 2.31. The van der Waals surface area contributed by atoms with Crippen LogP contribution < -0.4 is 10.1 Å². The Morgan fingerprint density at radius 1 is 1.50 bits per heavy atom. The van der Waals surface area contributed by atoms with Gasteiger partial charge in [-0.25, -0.2) is 4.79 Å². The molecule has 2 rings (SSSR count). The van der Waals surface area contributed by atoms with E-state index in [0.29, 0.717) is 12.5 Å². The lowest BCUT2D eigenvalue weighted by atomic mass is 10.1. The van der Waals surface area contributed by atoms with E-state index >= 15 is 0 Å². The van der Waals surface area contributed by atoms with Gasteiger partial charge in [-0.3, -0.25) is 0 Å². The first-order chi connectivity index (χ1) is 10.5. The predicted octanol–water partition coefficient (Wildman–Crippen LogP) is 2.04. The molecule has 22 heavy (non-hydrogen) atoms. The zero-order valence-corrected chi connectivity index (χ0v) is 13.6. The second kappa shape index (κ2) is 7.49. The van der Waals surface area contributed by atoms with Crippen molar-refractivity contribution in [2.45, 2.75) is 38.3 Å². The zero-order chi connectivity index (χ0) is 16.1. The van der Waals surface area contributed by atoms with Gasteiger partial charge in [-0.1, -0.05) is 12.1 Å². The third-order valence-electron chi connectivity index (χ3n) is 4.02. The smallest absolute Gasteiger partial charge is 0.317 e. The van der Waals surface area contributed by atoms with E-state index in [1.807, 2.05) is 31.2 Å². The Balaban J connectivity index is 1.79. The van der Waals surface area contributed by atoms with E-state index in [1.54, 1.807) is 19.1 Å². The minimum Gasteiger partial charge on any atom is -0.497 e. The summed E-state index contributed by atoms with van der Waals surface area (Å²) in [5, 5.41) is 12.9. The average molecular weight is 306 g/mol. The SMILES string of the molecule is COc1cccc(CC(C)NC(=O)N(C)CC(O)C2CC2)c1. The summed E-state index contributed by atoms with van der Waals surface area (Å²) in [5.74, 6) is 1.20. The van der Waals surface area contributed by atoms with E-state index < -0.39 is 6.10 Å². The molecule has 2 N–H and O–H groups in total. The van der Waals surface area contributed by atoms with Crippen LogP contribution in [0.1, 0.15) is 25.3 Å². The topological polar surface area (TPSA) is 61.8 Å². The van der Waals surface area contributed by atoms with Gasteiger partial charge in [-0.15, -0.1) is 0 Å². The number of urea groups is 1. The van der Waals surface area contributed by atoms with Gasteiger partial charge in [0.1, 0.15) is 5.75 Å². The number of rotatable bonds is 7. The van der Waals surface area contributed by atoms with E-state index in [2.05, 4.69) is 5.32 Å². The van der Waals surface area contributed by atoms with Crippen molar-refractivity contribution in [1.29, 1.82) is 0 Å². The Kier molecular flexibility index (Phi) is 5.66. The van der Waals surface area contributed by atoms with E-state index in [9.17, 15) is 9.90 Å². The van der Waals surface area contributed by atoms with E-state index in [1.165, 1.54) is 0 Å². The molecule has 0 spiro atoms. The lowest BCUT2D eigenvalue weighted by Gasteiger charge is -2.23. The van der Waals surface area contributed by atoms with Gasteiger partial charge in [0.15, 0.2) is 0 Å². The van der Waals surface area contributed by atoms with Crippen molar-refractivity contribution in [2.75, 3.05) is 20.7 Å². The van der Waals surface area contributed by atoms with Crippen LogP contribution in [0.3, 0.4) is 0 Å². The number of benzene rings is 1. The van der Waals surface area contributed by atoms with E-state index in [0.717, 1.165) is 30.6 Å². The maximum atomic E-state index is 12.1. The van der Waals surface area contributed by atoms with Crippen LogP contribution in [0.2, 0.25) is 0 Å².